The number of hydrogen-bond acceptors (Lipinski definition) is 3. The summed E-state index contributed by atoms with van der Waals surface area (Å²) in [5.41, 5.74) is 0. The molecular formula is C9H16OS3. The molecule has 2 saturated carbocycles. The average Bonchev–Trinajstić information content (AvgIpc) is 1.90. The predicted molar refractivity (Wildman–Crippen MR) is 63.0 cm³/mol. The summed E-state index contributed by atoms with van der Waals surface area (Å²) in [5.74, 6) is 2.90. The molecule has 76 valence electrons. The molecule has 0 amide bonds. The van der Waals surface area contributed by atoms with E-state index in [1.807, 2.05) is 0 Å². The van der Waals surface area contributed by atoms with Gasteiger partial charge in [0, 0.05) is 8.29 Å². The lowest BCUT2D eigenvalue weighted by Gasteiger charge is -2.46. The number of rotatable bonds is 3. The van der Waals surface area contributed by atoms with Crippen molar-refractivity contribution in [2.75, 3.05) is 0 Å². The van der Waals surface area contributed by atoms with E-state index < -0.39 is 8.29 Å². The molecule has 0 unspecified atom stereocenters. The van der Waals surface area contributed by atoms with Crippen molar-refractivity contribution in [3.8, 4) is 0 Å². The molecule has 0 aliphatic heterocycles. The van der Waals surface area contributed by atoms with Crippen LogP contribution in [-0.2, 0) is 34.9 Å². The lowest BCUT2D eigenvalue weighted by molar-refractivity contribution is 0.00294. The number of thiol groups is 1. The first-order chi connectivity index (χ1) is 6.15. The summed E-state index contributed by atoms with van der Waals surface area (Å²) < 4.78 is 5.46. The molecule has 2 rings (SSSR count). The fraction of sp³-hybridized carbons (Fsp3) is 1.00. The highest BCUT2D eigenvalue weighted by atomic mass is 33.1. The fourth-order valence-electron chi connectivity index (χ4n) is 2.55. The first kappa shape index (κ1) is 10.3. The highest BCUT2D eigenvalue weighted by Crippen LogP contribution is 2.47. The highest BCUT2D eigenvalue weighted by molar-refractivity contribution is 8.44. The molecule has 4 heteroatoms. The zero-order chi connectivity index (χ0) is 9.42. The van der Waals surface area contributed by atoms with E-state index in [0.29, 0.717) is 6.10 Å². The van der Waals surface area contributed by atoms with E-state index in [9.17, 15) is 0 Å². The van der Waals surface area contributed by atoms with Crippen molar-refractivity contribution in [2.45, 2.75) is 38.7 Å². The summed E-state index contributed by atoms with van der Waals surface area (Å²) in [7, 11) is -0.961. The fourth-order valence-corrected chi connectivity index (χ4v) is 3.69. The molecule has 2 fully saturated rings. The summed E-state index contributed by atoms with van der Waals surface area (Å²) in [6, 6.07) is 0. The standard InChI is InChI=1S/C9H16OS3/c1-6-2-7(3-6)8-4-9(5-8)10-13(11)12/h6-9,13H,2-5H2,1H3. The summed E-state index contributed by atoms with van der Waals surface area (Å²) in [6.45, 7) is 2.34. The van der Waals surface area contributed by atoms with Gasteiger partial charge in [0.2, 0.25) is 0 Å². The lowest BCUT2D eigenvalue weighted by Crippen LogP contribution is -2.40. The maximum absolute atomic E-state index is 5.46. The summed E-state index contributed by atoms with van der Waals surface area (Å²) in [5, 5.41) is 0. The quantitative estimate of drug-likeness (QED) is 0.751. The first-order valence-electron chi connectivity index (χ1n) is 4.96. The second kappa shape index (κ2) is 4.09. The van der Waals surface area contributed by atoms with Crippen LogP contribution in [0.1, 0.15) is 32.6 Å². The van der Waals surface area contributed by atoms with Gasteiger partial charge >= 0.3 is 0 Å². The SMILES string of the molecule is CC1CC(C2CC(O[SH](=S)=S)C2)C1. The molecule has 1 nitrogen and oxygen atoms in total. The minimum atomic E-state index is -0.961. The van der Waals surface area contributed by atoms with Crippen molar-refractivity contribution in [2.24, 2.45) is 17.8 Å². The third-order valence-electron chi connectivity index (χ3n) is 3.44. The van der Waals surface area contributed by atoms with Gasteiger partial charge in [-0.15, -0.1) is 0 Å². The van der Waals surface area contributed by atoms with Crippen LogP contribution in [0.4, 0.5) is 0 Å². The van der Waals surface area contributed by atoms with Crippen molar-refractivity contribution >= 4 is 30.7 Å². The van der Waals surface area contributed by atoms with Gasteiger partial charge in [-0.05, 0) is 65.8 Å². The molecule has 0 spiro atoms. The van der Waals surface area contributed by atoms with E-state index in [1.165, 1.54) is 25.7 Å². The van der Waals surface area contributed by atoms with Gasteiger partial charge in [0.15, 0.2) is 0 Å². The second-order valence-electron chi connectivity index (χ2n) is 4.52. The molecule has 0 aromatic carbocycles. The maximum atomic E-state index is 5.46. The maximum Gasteiger partial charge on any atom is 0.0730 e. The van der Waals surface area contributed by atoms with E-state index in [1.54, 1.807) is 0 Å². The van der Waals surface area contributed by atoms with Gasteiger partial charge in [-0.25, -0.2) is 0 Å². The van der Waals surface area contributed by atoms with Crippen LogP contribution in [0.25, 0.3) is 0 Å². The molecule has 0 saturated heterocycles. The van der Waals surface area contributed by atoms with Gasteiger partial charge in [-0.1, -0.05) is 6.92 Å². The molecule has 0 heterocycles. The Morgan fingerprint density at radius 2 is 1.62 bits per heavy atom. The monoisotopic (exact) mass is 236 g/mol. The van der Waals surface area contributed by atoms with Gasteiger partial charge in [0.05, 0.1) is 6.10 Å². The third-order valence-corrected chi connectivity index (χ3v) is 4.43. The van der Waals surface area contributed by atoms with Crippen LogP contribution < -0.4 is 0 Å². The van der Waals surface area contributed by atoms with E-state index in [4.69, 9.17) is 26.6 Å². The van der Waals surface area contributed by atoms with E-state index in [2.05, 4.69) is 6.92 Å². The Morgan fingerprint density at radius 1 is 1.08 bits per heavy atom. The normalized spacial score (nSPS) is 44.2. The smallest absolute Gasteiger partial charge is 0.0730 e. The molecular weight excluding hydrogens is 220 g/mol. The van der Waals surface area contributed by atoms with Gasteiger partial charge < -0.3 is 4.18 Å². The van der Waals surface area contributed by atoms with Gasteiger partial charge in [-0.3, -0.25) is 0 Å². The Hall–Kier alpha value is 0.750. The van der Waals surface area contributed by atoms with Crippen molar-refractivity contribution in [1.29, 1.82) is 0 Å². The summed E-state index contributed by atoms with van der Waals surface area (Å²) in [4.78, 5) is 0. The Morgan fingerprint density at radius 3 is 2.08 bits per heavy atom. The molecule has 2 aliphatic rings. The Bertz CT molecular complexity index is 242. The third kappa shape index (κ3) is 2.41. The number of hydrogen-bond donors (Lipinski definition) is 1. The topological polar surface area (TPSA) is 9.23 Å². The van der Waals surface area contributed by atoms with Crippen LogP contribution in [0, 0.1) is 17.8 Å². The van der Waals surface area contributed by atoms with Gasteiger partial charge in [-0.2, -0.15) is 0 Å². The molecule has 0 radical (unpaired) electrons. The van der Waals surface area contributed by atoms with Crippen molar-refractivity contribution in [3.63, 3.8) is 0 Å². The molecule has 0 N–H and O–H groups in total. The van der Waals surface area contributed by atoms with Crippen LogP contribution in [0.15, 0.2) is 0 Å². The van der Waals surface area contributed by atoms with E-state index in [0.717, 1.165) is 17.8 Å². The Labute approximate surface area is 91.3 Å². The van der Waals surface area contributed by atoms with Gasteiger partial charge in [0.1, 0.15) is 0 Å². The minimum Gasteiger partial charge on any atom is -0.309 e. The first-order valence-corrected chi connectivity index (χ1v) is 8.25. The van der Waals surface area contributed by atoms with Crippen LogP contribution in [0.2, 0.25) is 0 Å². The Kier molecular flexibility index (Phi) is 3.23. The molecule has 0 atom stereocenters. The van der Waals surface area contributed by atoms with Crippen molar-refractivity contribution < 1.29 is 4.18 Å². The van der Waals surface area contributed by atoms with Crippen LogP contribution in [0.5, 0.6) is 0 Å². The molecule has 13 heavy (non-hydrogen) atoms. The lowest BCUT2D eigenvalue weighted by atomic mass is 9.62. The zero-order valence-electron chi connectivity index (χ0n) is 7.81. The Balaban J connectivity index is 1.67. The largest absolute Gasteiger partial charge is 0.309 e. The predicted octanol–water partition coefficient (Wildman–Crippen LogP) is 2.02. The molecule has 0 bridgehead atoms. The highest BCUT2D eigenvalue weighted by Gasteiger charge is 2.40. The minimum absolute atomic E-state index is 0.419. The molecule has 0 aromatic rings. The zero-order valence-corrected chi connectivity index (χ0v) is 10.3. The summed E-state index contributed by atoms with van der Waals surface area (Å²) in [6.07, 6.45) is 5.75. The van der Waals surface area contributed by atoms with E-state index >= 15 is 0 Å². The molecule has 0 aromatic heterocycles. The van der Waals surface area contributed by atoms with Crippen molar-refractivity contribution in [3.05, 3.63) is 0 Å². The van der Waals surface area contributed by atoms with Crippen LogP contribution in [0.3, 0.4) is 0 Å². The summed E-state index contributed by atoms with van der Waals surface area (Å²) >= 11 is 9.76. The van der Waals surface area contributed by atoms with E-state index in [-0.39, 0.29) is 0 Å². The van der Waals surface area contributed by atoms with Crippen molar-refractivity contribution in [1.82, 2.24) is 0 Å². The second-order valence-corrected chi connectivity index (χ2v) is 7.86. The molecule has 2 aliphatic carbocycles. The van der Waals surface area contributed by atoms with Crippen LogP contribution >= 0.6 is 0 Å². The van der Waals surface area contributed by atoms with Crippen LogP contribution in [-0.4, -0.2) is 6.10 Å². The van der Waals surface area contributed by atoms with Gasteiger partial charge in [0.25, 0.3) is 0 Å². The average molecular weight is 236 g/mol.